The third kappa shape index (κ3) is 6.08. The normalized spacial score (nSPS) is 13.6. The lowest BCUT2D eigenvalue weighted by atomic mass is 9.81. The maximum Gasteiger partial charge on any atom is 0.261 e. The first-order chi connectivity index (χ1) is 10.0. The molecule has 0 aromatic heterocycles. The van der Waals surface area contributed by atoms with Crippen LogP contribution in [0.4, 0.5) is 0 Å². The molecule has 1 rings (SSSR count). The van der Waals surface area contributed by atoms with Gasteiger partial charge < -0.3 is 10.1 Å². The summed E-state index contributed by atoms with van der Waals surface area (Å²) < 4.78 is 5.86. The van der Waals surface area contributed by atoms with Crippen molar-refractivity contribution in [3.63, 3.8) is 0 Å². The molecule has 0 aliphatic heterocycles. The van der Waals surface area contributed by atoms with E-state index in [1.54, 1.807) is 6.92 Å². The molecule has 0 spiro atoms. The molecule has 1 amide bonds. The van der Waals surface area contributed by atoms with Crippen LogP contribution in [0.3, 0.4) is 0 Å². The first-order valence-corrected chi connectivity index (χ1v) is 8.11. The highest BCUT2D eigenvalue weighted by atomic mass is 16.5. The summed E-state index contributed by atoms with van der Waals surface area (Å²) in [6.45, 7) is 14.5. The maximum absolute atomic E-state index is 12.4. The number of para-hydroxylation sites is 1. The molecule has 3 nitrogen and oxygen atoms in total. The third-order valence-corrected chi connectivity index (χ3v) is 3.46. The standard InChI is InChI=1S/C19H31NO2/c1-8-15-11-9-10-12-16(15)22-14(2)17(21)20-19(6,7)13-18(3,4)5/h9-12,14H,8,13H2,1-7H3,(H,20,21)/t14-/m0/s1. The summed E-state index contributed by atoms with van der Waals surface area (Å²) in [4.78, 5) is 12.4. The number of rotatable bonds is 6. The minimum atomic E-state index is -0.507. The number of ether oxygens (including phenoxy) is 1. The van der Waals surface area contributed by atoms with Gasteiger partial charge in [-0.15, -0.1) is 0 Å². The van der Waals surface area contributed by atoms with Gasteiger partial charge >= 0.3 is 0 Å². The molecule has 0 saturated heterocycles. The van der Waals surface area contributed by atoms with Gasteiger partial charge in [0.15, 0.2) is 6.10 Å². The van der Waals surface area contributed by atoms with Gasteiger partial charge in [-0.2, -0.15) is 0 Å². The number of hydrogen-bond donors (Lipinski definition) is 1. The number of carbonyl (C=O) groups excluding carboxylic acids is 1. The van der Waals surface area contributed by atoms with Crippen molar-refractivity contribution in [2.45, 2.75) is 73.0 Å². The molecule has 0 radical (unpaired) electrons. The van der Waals surface area contributed by atoms with E-state index in [2.05, 4.69) is 46.9 Å². The Morgan fingerprint density at radius 1 is 1.18 bits per heavy atom. The molecule has 1 aromatic rings. The Kier molecular flexibility index (Phi) is 6.04. The second kappa shape index (κ2) is 7.17. The predicted molar refractivity (Wildman–Crippen MR) is 92.2 cm³/mol. The average Bonchev–Trinajstić information content (AvgIpc) is 2.35. The van der Waals surface area contributed by atoms with Crippen molar-refractivity contribution < 1.29 is 9.53 Å². The molecule has 1 N–H and O–H groups in total. The number of carbonyl (C=O) groups is 1. The van der Waals surface area contributed by atoms with E-state index in [1.165, 1.54) is 0 Å². The van der Waals surface area contributed by atoms with Gasteiger partial charge in [0.2, 0.25) is 0 Å². The summed E-state index contributed by atoms with van der Waals surface area (Å²) >= 11 is 0. The van der Waals surface area contributed by atoms with Crippen molar-refractivity contribution in [1.29, 1.82) is 0 Å². The van der Waals surface area contributed by atoms with Crippen LogP contribution < -0.4 is 10.1 Å². The van der Waals surface area contributed by atoms with Gasteiger partial charge in [0.05, 0.1) is 0 Å². The van der Waals surface area contributed by atoms with E-state index in [1.807, 2.05) is 24.3 Å². The van der Waals surface area contributed by atoms with Crippen molar-refractivity contribution >= 4 is 5.91 Å². The second-order valence-electron chi connectivity index (χ2n) is 7.83. The first-order valence-electron chi connectivity index (χ1n) is 8.11. The topological polar surface area (TPSA) is 38.3 Å². The SMILES string of the molecule is CCc1ccccc1O[C@@H](C)C(=O)NC(C)(C)CC(C)(C)C. The fourth-order valence-electron chi connectivity index (χ4n) is 2.96. The van der Waals surface area contributed by atoms with E-state index in [-0.39, 0.29) is 16.9 Å². The lowest BCUT2D eigenvalue weighted by Gasteiger charge is -2.34. The van der Waals surface area contributed by atoms with Gasteiger partial charge in [-0.25, -0.2) is 0 Å². The Labute approximate surface area is 135 Å². The predicted octanol–water partition coefficient (Wildman–Crippen LogP) is 4.35. The van der Waals surface area contributed by atoms with Crippen LogP contribution in [-0.2, 0) is 11.2 Å². The Morgan fingerprint density at radius 2 is 1.77 bits per heavy atom. The van der Waals surface area contributed by atoms with Crippen LogP contribution in [0.2, 0.25) is 0 Å². The monoisotopic (exact) mass is 305 g/mol. The highest BCUT2D eigenvalue weighted by Crippen LogP contribution is 2.27. The van der Waals surface area contributed by atoms with Gasteiger partial charge in [-0.3, -0.25) is 4.79 Å². The van der Waals surface area contributed by atoms with E-state index in [0.29, 0.717) is 0 Å². The van der Waals surface area contributed by atoms with Crippen molar-refractivity contribution in [1.82, 2.24) is 5.32 Å². The molecule has 0 unspecified atom stereocenters. The van der Waals surface area contributed by atoms with Crippen LogP contribution in [0.15, 0.2) is 24.3 Å². The minimum absolute atomic E-state index is 0.0693. The van der Waals surface area contributed by atoms with Crippen LogP contribution >= 0.6 is 0 Å². The summed E-state index contributed by atoms with van der Waals surface area (Å²) in [5.41, 5.74) is 1.03. The van der Waals surface area contributed by atoms with Crippen molar-refractivity contribution in [2.24, 2.45) is 5.41 Å². The van der Waals surface area contributed by atoms with Crippen LogP contribution in [0, 0.1) is 5.41 Å². The Morgan fingerprint density at radius 3 is 2.32 bits per heavy atom. The Balaban J connectivity index is 2.69. The van der Waals surface area contributed by atoms with Crippen LogP contribution in [0.1, 0.15) is 60.5 Å². The summed E-state index contributed by atoms with van der Waals surface area (Å²) in [5.74, 6) is 0.724. The zero-order chi connectivity index (χ0) is 17.0. The van der Waals surface area contributed by atoms with Gasteiger partial charge in [-0.1, -0.05) is 45.9 Å². The van der Waals surface area contributed by atoms with E-state index < -0.39 is 6.10 Å². The third-order valence-electron chi connectivity index (χ3n) is 3.46. The largest absolute Gasteiger partial charge is 0.481 e. The van der Waals surface area contributed by atoms with Crippen LogP contribution in [0.25, 0.3) is 0 Å². The van der Waals surface area contributed by atoms with Gasteiger partial charge in [0.1, 0.15) is 5.75 Å². The molecular weight excluding hydrogens is 274 g/mol. The lowest BCUT2D eigenvalue weighted by Crippen LogP contribution is -2.50. The quantitative estimate of drug-likeness (QED) is 0.848. The molecule has 1 atom stereocenters. The van der Waals surface area contributed by atoms with E-state index >= 15 is 0 Å². The number of nitrogens with one attached hydrogen (secondary N) is 1. The van der Waals surface area contributed by atoms with Crippen molar-refractivity contribution in [2.75, 3.05) is 0 Å². The minimum Gasteiger partial charge on any atom is -0.481 e. The zero-order valence-corrected chi connectivity index (χ0v) is 15.1. The van der Waals surface area contributed by atoms with Crippen molar-refractivity contribution in [3.8, 4) is 5.75 Å². The summed E-state index contributed by atoms with van der Waals surface area (Å²) in [6.07, 6.45) is 1.29. The zero-order valence-electron chi connectivity index (χ0n) is 15.1. The average molecular weight is 305 g/mol. The van der Waals surface area contributed by atoms with Crippen LogP contribution in [-0.4, -0.2) is 17.6 Å². The summed E-state index contributed by atoms with van der Waals surface area (Å²) in [5, 5.41) is 3.11. The maximum atomic E-state index is 12.4. The molecule has 0 saturated carbocycles. The molecular formula is C19H31NO2. The molecule has 0 bridgehead atoms. The van der Waals surface area contributed by atoms with E-state index in [0.717, 1.165) is 24.2 Å². The second-order valence-corrected chi connectivity index (χ2v) is 7.83. The molecule has 3 heteroatoms. The number of hydrogen-bond acceptors (Lipinski definition) is 2. The van der Waals surface area contributed by atoms with Gasteiger partial charge in [0.25, 0.3) is 5.91 Å². The van der Waals surface area contributed by atoms with E-state index in [9.17, 15) is 4.79 Å². The first kappa shape index (κ1) is 18.5. The van der Waals surface area contributed by atoms with E-state index in [4.69, 9.17) is 4.74 Å². The molecule has 0 aliphatic rings. The highest BCUT2D eigenvalue weighted by Gasteiger charge is 2.29. The molecule has 124 valence electrons. The van der Waals surface area contributed by atoms with Gasteiger partial charge in [-0.05, 0) is 50.7 Å². The Bertz CT molecular complexity index is 500. The molecule has 22 heavy (non-hydrogen) atoms. The summed E-state index contributed by atoms with van der Waals surface area (Å²) in [7, 11) is 0. The molecule has 1 aromatic carbocycles. The highest BCUT2D eigenvalue weighted by molar-refractivity contribution is 5.81. The smallest absolute Gasteiger partial charge is 0.261 e. The fourth-order valence-corrected chi connectivity index (χ4v) is 2.96. The van der Waals surface area contributed by atoms with Gasteiger partial charge in [0, 0.05) is 5.54 Å². The number of amides is 1. The lowest BCUT2D eigenvalue weighted by molar-refractivity contribution is -0.129. The molecule has 0 heterocycles. The van der Waals surface area contributed by atoms with Crippen molar-refractivity contribution in [3.05, 3.63) is 29.8 Å². The number of benzene rings is 1. The summed E-state index contributed by atoms with van der Waals surface area (Å²) in [6, 6.07) is 7.87. The molecule has 0 aliphatic carbocycles. The van der Waals surface area contributed by atoms with Crippen LogP contribution in [0.5, 0.6) is 5.75 Å². The Hall–Kier alpha value is -1.51. The number of aryl methyl sites for hydroxylation is 1. The molecule has 0 fully saturated rings. The fraction of sp³-hybridized carbons (Fsp3) is 0.632.